The molecule has 5 unspecified atom stereocenters. The van der Waals surface area contributed by atoms with Gasteiger partial charge in [0.25, 0.3) is 0 Å². The van der Waals surface area contributed by atoms with Crippen LogP contribution in [-0.4, -0.2) is 54.6 Å². The minimum Gasteiger partial charge on any atom is -0.393 e. The molecule has 0 bridgehead atoms. The lowest BCUT2D eigenvalue weighted by Gasteiger charge is -2.62. The first-order valence-electron chi connectivity index (χ1n) is 17.1. The predicted octanol–water partition coefficient (Wildman–Crippen LogP) is 5.73. The highest BCUT2D eigenvalue weighted by atomic mass is 16.3. The zero-order chi connectivity index (χ0) is 28.2. The lowest BCUT2D eigenvalue weighted by molar-refractivity contribution is -0.162. The van der Waals surface area contributed by atoms with Gasteiger partial charge in [-0.3, -0.25) is 0 Å². The van der Waals surface area contributed by atoms with Crippen molar-refractivity contribution in [2.45, 2.75) is 136 Å². The quantitative estimate of drug-likeness (QED) is 0.179. The Balaban J connectivity index is 1.30. The van der Waals surface area contributed by atoms with Gasteiger partial charge in [0, 0.05) is 6.04 Å². The van der Waals surface area contributed by atoms with Crippen LogP contribution in [-0.2, 0) is 0 Å². The zero-order valence-corrected chi connectivity index (χ0v) is 26.3. The molecular formula is C34H65N3O2. The molecule has 4 fully saturated rings. The monoisotopic (exact) mass is 548 g/mol. The minimum atomic E-state index is -0.161. The fourth-order valence-corrected chi connectivity index (χ4v) is 10.5. The number of aliphatic hydroxyl groups excluding tert-OH is 2. The first kappa shape index (κ1) is 31.7. The summed E-state index contributed by atoms with van der Waals surface area (Å²) in [5.41, 5.74) is 6.31. The average Bonchev–Trinajstić information content (AvgIpc) is 3.26. The van der Waals surface area contributed by atoms with E-state index in [-0.39, 0.29) is 12.2 Å². The number of rotatable bonds is 14. The number of hydrogen-bond acceptors (Lipinski definition) is 5. The summed E-state index contributed by atoms with van der Waals surface area (Å²) in [7, 11) is 0. The molecule has 5 heteroatoms. The van der Waals surface area contributed by atoms with Crippen LogP contribution in [0.3, 0.4) is 0 Å². The van der Waals surface area contributed by atoms with Gasteiger partial charge in [0.15, 0.2) is 0 Å². The number of fused-ring (bicyclic) bond motifs is 5. The van der Waals surface area contributed by atoms with Gasteiger partial charge in [-0.1, -0.05) is 34.6 Å². The van der Waals surface area contributed by atoms with E-state index in [1.807, 2.05) is 0 Å². The summed E-state index contributed by atoms with van der Waals surface area (Å²) in [5, 5.41) is 29.5. The van der Waals surface area contributed by atoms with Gasteiger partial charge in [0.1, 0.15) is 0 Å². The molecule has 0 aliphatic heterocycles. The van der Waals surface area contributed by atoms with Gasteiger partial charge in [0.05, 0.1) is 12.2 Å². The summed E-state index contributed by atoms with van der Waals surface area (Å²) in [6.07, 6.45) is 15.5. The van der Waals surface area contributed by atoms with Crippen LogP contribution >= 0.6 is 0 Å². The van der Waals surface area contributed by atoms with Crippen molar-refractivity contribution in [2.24, 2.45) is 58.0 Å². The molecular weight excluding hydrogens is 482 g/mol. The second kappa shape index (κ2) is 13.8. The second-order valence-electron chi connectivity index (χ2n) is 15.4. The van der Waals surface area contributed by atoms with Crippen LogP contribution in [0.15, 0.2) is 0 Å². The van der Waals surface area contributed by atoms with Crippen LogP contribution in [0.4, 0.5) is 0 Å². The number of hydrogen-bond donors (Lipinski definition) is 5. The van der Waals surface area contributed by atoms with Crippen molar-refractivity contribution in [2.75, 3.05) is 26.2 Å². The van der Waals surface area contributed by atoms with Crippen LogP contribution in [0.2, 0.25) is 0 Å². The molecule has 11 atom stereocenters. The number of nitrogens with one attached hydrogen (secondary N) is 2. The summed E-state index contributed by atoms with van der Waals surface area (Å²) in [6.45, 7) is 16.0. The standard InChI is InChI=1S/C34H65N3O2/c1-23(2)31(38)12-9-24(3)27-10-11-28-26-22-32(39)30-21-25(37-20-8-19-36-18-7-6-17-35)13-15-34(30,5)29(26)14-16-33(27,28)4/h23-32,36-39H,6-22,35H2,1-5H3/t24-,25-,26?,27?,28?,29?,30?,31+,32+,33+,34+/m0/s1. The molecule has 0 aromatic heterocycles. The van der Waals surface area contributed by atoms with Gasteiger partial charge in [-0.15, -0.1) is 0 Å². The molecule has 0 aromatic rings. The summed E-state index contributed by atoms with van der Waals surface area (Å²) in [6, 6.07) is 0.568. The molecule has 4 aliphatic rings. The molecule has 0 heterocycles. The Kier molecular flexibility index (Phi) is 11.3. The second-order valence-corrected chi connectivity index (χ2v) is 15.4. The summed E-state index contributed by atoms with van der Waals surface area (Å²) in [5.74, 6) is 4.55. The smallest absolute Gasteiger partial charge is 0.0577 e. The third-order valence-electron chi connectivity index (χ3n) is 12.9. The van der Waals surface area contributed by atoms with Crippen LogP contribution in [0, 0.1) is 52.3 Å². The summed E-state index contributed by atoms with van der Waals surface area (Å²) >= 11 is 0. The van der Waals surface area contributed by atoms with Crippen LogP contribution in [0.1, 0.15) is 118 Å². The van der Waals surface area contributed by atoms with Crippen molar-refractivity contribution in [3.63, 3.8) is 0 Å². The molecule has 5 nitrogen and oxygen atoms in total. The van der Waals surface area contributed by atoms with Crippen molar-refractivity contribution in [1.82, 2.24) is 10.6 Å². The Morgan fingerprint density at radius 3 is 2.28 bits per heavy atom. The molecule has 0 aromatic carbocycles. The average molecular weight is 548 g/mol. The molecule has 0 amide bonds. The van der Waals surface area contributed by atoms with Crippen LogP contribution in [0.5, 0.6) is 0 Å². The van der Waals surface area contributed by atoms with Crippen LogP contribution in [0.25, 0.3) is 0 Å². The largest absolute Gasteiger partial charge is 0.393 e. The molecule has 228 valence electrons. The lowest BCUT2D eigenvalue weighted by atomic mass is 9.43. The third kappa shape index (κ3) is 6.90. The van der Waals surface area contributed by atoms with Crippen molar-refractivity contribution in [1.29, 1.82) is 0 Å². The number of nitrogens with two attached hydrogens (primary N) is 1. The van der Waals surface area contributed by atoms with Crippen molar-refractivity contribution >= 4 is 0 Å². The van der Waals surface area contributed by atoms with Gasteiger partial charge in [-0.2, -0.15) is 0 Å². The highest BCUT2D eigenvalue weighted by Gasteiger charge is 2.62. The van der Waals surface area contributed by atoms with Gasteiger partial charge >= 0.3 is 0 Å². The van der Waals surface area contributed by atoms with Crippen molar-refractivity contribution in [3.05, 3.63) is 0 Å². The Labute approximate surface area is 241 Å². The maximum Gasteiger partial charge on any atom is 0.0577 e. The van der Waals surface area contributed by atoms with E-state index in [0.717, 1.165) is 76.0 Å². The predicted molar refractivity (Wildman–Crippen MR) is 163 cm³/mol. The van der Waals surface area contributed by atoms with E-state index in [2.05, 4.69) is 45.3 Å². The van der Waals surface area contributed by atoms with E-state index in [4.69, 9.17) is 5.73 Å². The Morgan fingerprint density at radius 2 is 1.54 bits per heavy atom. The van der Waals surface area contributed by atoms with Crippen molar-refractivity contribution < 1.29 is 10.2 Å². The van der Waals surface area contributed by atoms with Gasteiger partial charge < -0.3 is 26.6 Å². The van der Waals surface area contributed by atoms with E-state index >= 15 is 0 Å². The Bertz CT molecular complexity index is 748. The Morgan fingerprint density at radius 1 is 0.821 bits per heavy atom. The molecule has 4 aliphatic carbocycles. The normalized spacial score (nSPS) is 41.6. The van der Waals surface area contributed by atoms with Gasteiger partial charge in [-0.25, -0.2) is 0 Å². The van der Waals surface area contributed by atoms with Gasteiger partial charge in [-0.05, 0) is 162 Å². The highest BCUT2D eigenvalue weighted by molar-refractivity contribution is 5.11. The van der Waals surface area contributed by atoms with E-state index < -0.39 is 0 Å². The maximum absolute atomic E-state index is 11.6. The molecule has 4 saturated carbocycles. The van der Waals surface area contributed by atoms with Crippen LogP contribution < -0.4 is 16.4 Å². The van der Waals surface area contributed by atoms with Crippen molar-refractivity contribution in [3.8, 4) is 0 Å². The molecule has 0 spiro atoms. The molecule has 6 N–H and O–H groups in total. The zero-order valence-electron chi connectivity index (χ0n) is 26.3. The summed E-state index contributed by atoms with van der Waals surface area (Å²) < 4.78 is 0. The number of unbranched alkanes of at least 4 members (excludes halogenated alkanes) is 1. The molecule has 0 saturated heterocycles. The van der Waals surface area contributed by atoms with E-state index in [0.29, 0.717) is 40.5 Å². The molecule has 0 radical (unpaired) electrons. The molecule has 4 rings (SSSR count). The van der Waals surface area contributed by atoms with E-state index in [9.17, 15) is 10.2 Å². The first-order chi connectivity index (χ1) is 18.6. The third-order valence-corrected chi connectivity index (χ3v) is 12.9. The lowest BCUT2D eigenvalue weighted by Crippen LogP contribution is -2.59. The van der Waals surface area contributed by atoms with E-state index in [1.54, 1.807) is 0 Å². The number of aliphatic hydroxyl groups is 2. The maximum atomic E-state index is 11.6. The SMILES string of the molecule is CC(C)[C@H](O)CC[C@H](C)C1CCC2C3C[C@@H](O)C4C[C@@H](NCCCNCCCCN)CC[C@]4(C)C3CC[C@@]21C. The summed E-state index contributed by atoms with van der Waals surface area (Å²) in [4.78, 5) is 0. The topological polar surface area (TPSA) is 90.5 Å². The first-order valence-corrected chi connectivity index (χ1v) is 17.1. The Hall–Kier alpha value is -0.200. The van der Waals surface area contributed by atoms with Gasteiger partial charge in [0.2, 0.25) is 0 Å². The fraction of sp³-hybridized carbons (Fsp3) is 1.00. The minimum absolute atomic E-state index is 0.134. The molecule has 39 heavy (non-hydrogen) atoms. The van der Waals surface area contributed by atoms with E-state index in [1.165, 1.54) is 51.4 Å². The fourth-order valence-electron chi connectivity index (χ4n) is 10.5. The highest BCUT2D eigenvalue weighted by Crippen LogP contribution is 2.68.